The minimum absolute atomic E-state index is 0.0211. The van der Waals surface area contributed by atoms with E-state index in [1.807, 2.05) is 6.07 Å². The predicted octanol–water partition coefficient (Wildman–Crippen LogP) is 3.47. The lowest BCUT2D eigenvalue weighted by Crippen LogP contribution is -2.25. The van der Waals surface area contributed by atoms with Gasteiger partial charge >= 0.3 is 5.97 Å². The van der Waals surface area contributed by atoms with Gasteiger partial charge in [-0.2, -0.15) is 0 Å². The van der Waals surface area contributed by atoms with E-state index < -0.39 is 12.1 Å². The molecule has 25 heavy (non-hydrogen) atoms. The number of carbonyl (C=O) groups is 3. The number of hydrogen-bond donors (Lipinski definition) is 0. The molecule has 0 spiro atoms. The van der Waals surface area contributed by atoms with Gasteiger partial charge in [0.15, 0.2) is 11.9 Å². The normalized spacial score (nSPS) is 11.4. The van der Waals surface area contributed by atoms with E-state index in [4.69, 9.17) is 9.47 Å². The highest BCUT2D eigenvalue weighted by Crippen LogP contribution is 2.13. The summed E-state index contributed by atoms with van der Waals surface area (Å²) in [6.45, 7) is 3.17. The molecule has 130 valence electrons. The molecule has 1 unspecified atom stereocenters. The number of ketones is 2. The van der Waals surface area contributed by atoms with Crippen LogP contribution in [0.15, 0.2) is 54.6 Å². The first-order chi connectivity index (χ1) is 12.0. The Hall–Kier alpha value is -2.95. The molecule has 5 nitrogen and oxygen atoms in total. The third-order valence-corrected chi connectivity index (χ3v) is 3.57. The first-order valence-electron chi connectivity index (χ1n) is 8.00. The molecule has 0 saturated heterocycles. The monoisotopic (exact) mass is 340 g/mol. The SMILES string of the molecule is CC(=O)c1ccc(OCCC(=O)OC(C)C(=O)c2ccccc2)cc1. The quantitative estimate of drug-likeness (QED) is 0.543. The van der Waals surface area contributed by atoms with Gasteiger partial charge in [-0.05, 0) is 38.1 Å². The molecule has 0 amide bonds. The Morgan fingerprint density at radius 3 is 2.16 bits per heavy atom. The molecule has 5 heteroatoms. The fourth-order valence-electron chi connectivity index (χ4n) is 2.18. The molecule has 0 aromatic heterocycles. The van der Waals surface area contributed by atoms with E-state index in [0.29, 0.717) is 16.9 Å². The number of ether oxygens (including phenoxy) is 2. The molecule has 0 N–H and O–H groups in total. The van der Waals surface area contributed by atoms with Crippen molar-refractivity contribution in [1.29, 1.82) is 0 Å². The molecule has 0 radical (unpaired) electrons. The van der Waals surface area contributed by atoms with Crippen LogP contribution in [0.3, 0.4) is 0 Å². The Morgan fingerprint density at radius 1 is 0.920 bits per heavy atom. The fourth-order valence-corrected chi connectivity index (χ4v) is 2.18. The highest BCUT2D eigenvalue weighted by Gasteiger charge is 2.19. The predicted molar refractivity (Wildman–Crippen MR) is 92.9 cm³/mol. The zero-order valence-corrected chi connectivity index (χ0v) is 14.2. The van der Waals surface area contributed by atoms with Crippen LogP contribution in [0.4, 0.5) is 0 Å². The molecule has 2 aromatic rings. The third kappa shape index (κ3) is 5.57. The van der Waals surface area contributed by atoms with Gasteiger partial charge in [-0.1, -0.05) is 30.3 Å². The number of Topliss-reactive ketones (excluding diaryl/α,β-unsaturated/α-hetero) is 2. The second-order valence-electron chi connectivity index (χ2n) is 5.54. The fraction of sp³-hybridized carbons (Fsp3) is 0.250. The van der Waals surface area contributed by atoms with Gasteiger partial charge < -0.3 is 9.47 Å². The van der Waals surface area contributed by atoms with Gasteiger partial charge in [0, 0.05) is 11.1 Å². The molecule has 0 aliphatic carbocycles. The van der Waals surface area contributed by atoms with Crippen molar-refractivity contribution in [3.8, 4) is 5.75 Å². The summed E-state index contributed by atoms with van der Waals surface area (Å²) in [5, 5.41) is 0. The zero-order chi connectivity index (χ0) is 18.2. The minimum atomic E-state index is -0.843. The van der Waals surface area contributed by atoms with Crippen LogP contribution in [-0.2, 0) is 9.53 Å². The summed E-state index contributed by atoms with van der Waals surface area (Å²) in [6.07, 6.45) is -0.814. The van der Waals surface area contributed by atoms with Crippen LogP contribution in [0, 0.1) is 0 Å². The van der Waals surface area contributed by atoms with Gasteiger partial charge in [-0.3, -0.25) is 14.4 Å². The summed E-state index contributed by atoms with van der Waals surface area (Å²) in [7, 11) is 0. The van der Waals surface area contributed by atoms with Crippen LogP contribution in [0.1, 0.15) is 41.0 Å². The first-order valence-corrected chi connectivity index (χ1v) is 8.00. The van der Waals surface area contributed by atoms with Crippen molar-refractivity contribution in [3.05, 3.63) is 65.7 Å². The Morgan fingerprint density at radius 2 is 1.56 bits per heavy atom. The summed E-state index contributed by atoms with van der Waals surface area (Å²) in [6, 6.07) is 15.4. The Bertz CT molecular complexity index is 734. The smallest absolute Gasteiger partial charge is 0.309 e. The van der Waals surface area contributed by atoms with Crippen molar-refractivity contribution in [1.82, 2.24) is 0 Å². The minimum Gasteiger partial charge on any atom is -0.493 e. The van der Waals surface area contributed by atoms with E-state index >= 15 is 0 Å². The lowest BCUT2D eigenvalue weighted by molar-refractivity contribution is -0.146. The van der Waals surface area contributed by atoms with Crippen molar-refractivity contribution < 1.29 is 23.9 Å². The second-order valence-corrected chi connectivity index (χ2v) is 5.54. The Labute approximate surface area is 146 Å². The van der Waals surface area contributed by atoms with Gasteiger partial charge in [0.05, 0.1) is 13.0 Å². The molecule has 1 atom stereocenters. The average molecular weight is 340 g/mol. The molecular weight excluding hydrogens is 320 g/mol. The molecule has 0 aliphatic heterocycles. The van der Waals surface area contributed by atoms with Gasteiger partial charge in [0.25, 0.3) is 0 Å². The molecule has 0 saturated carbocycles. The van der Waals surface area contributed by atoms with Crippen molar-refractivity contribution >= 4 is 17.5 Å². The number of carbonyl (C=O) groups excluding carboxylic acids is 3. The van der Waals surface area contributed by atoms with E-state index in [1.54, 1.807) is 55.5 Å². The van der Waals surface area contributed by atoms with Crippen molar-refractivity contribution in [2.45, 2.75) is 26.4 Å². The summed E-state index contributed by atoms with van der Waals surface area (Å²) in [4.78, 5) is 35.1. The Kier molecular flexibility index (Phi) is 6.46. The number of benzene rings is 2. The van der Waals surface area contributed by atoms with Crippen LogP contribution in [0.2, 0.25) is 0 Å². The average Bonchev–Trinajstić information content (AvgIpc) is 2.62. The molecular formula is C20H20O5. The highest BCUT2D eigenvalue weighted by atomic mass is 16.5. The molecule has 0 aliphatic rings. The van der Waals surface area contributed by atoms with Gasteiger partial charge in [0.2, 0.25) is 5.78 Å². The van der Waals surface area contributed by atoms with E-state index in [0.717, 1.165) is 0 Å². The van der Waals surface area contributed by atoms with Crippen molar-refractivity contribution in [2.75, 3.05) is 6.61 Å². The zero-order valence-electron chi connectivity index (χ0n) is 14.2. The topological polar surface area (TPSA) is 69.7 Å². The number of esters is 1. The largest absolute Gasteiger partial charge is 0.493 e. The van der Waals surface area contributed by atoms with Gasteiger partial charge in [-0.25, -0.2) is 0 Å². The maximum Gasteiger partial charge on any atom is 0.309 e. The maximum atomic E-state index is 12.1. The Balaban J connectivity index is 1.76. The lowest BCUT2D eigenvalue weighted by atomic mass is 10.1. The first kappa shape index (κ1) is 18.4. The van der Waals surface area contributed by atoms with Crippen molar-refractivity contribution in [3.63, 3.8) is 0 Å². The molecule has 0 heterocycles. The third-order valence-electron chi connectivity index (χ3n) is 3.57. The summed E-state index contributed by atoms with van der Waals surface area (Å²) >= 11 is 0. The molecule has 2 aromatic carbocycles. The van der Waals surface area contributed by atoms with E-state index in [2.05, 4.69) is 0 Å². The van der Waals surface area contributed by atoms with Gasteiger partial charge in [-0.15, -0.1) is 0 Å². The van der Waals surface area contributed by atoms with Crippen LogP contribution in [-0.4, -0.2) is 30.2 Å². The van der Waals surface area contributed by atoms with Crippen LogP contribution in [0.5, 0.6) is 5.75 Å². The van der Waals surface area contributed by atoms with Crippen molar-refractivity contribution in [2.24, 2.45) is 0 Å². The standard InChI is InChI=1S/C20H20O5/c1-14(21)16-8-10-18(11-9-16)24-13-12-19(22)25-15(2)20(23)17-6-4-3-5-7-17/h3-11,15H,12-13H2,1-2H3. The van der Waals surface area contributed by atoms with E-state index in [-0.39, 0.29) is 24.6 Å². The lowest BCUT2D eigenvalue weighted by Gasteiger charge is -2.12. The molecule has 0 fully saturated rings. The summed E-state index contributed by atoms with van der Waals surface area (Å²) < 4.78 is 10.6. The summed E-state index contributed by atoms with van der Waals surface area (Å²) in [5.41, 5.74) is 1.10. The second kappa shape index (κ2) is 8.78. The number of hydrogen-bond acceptors (Lipinski definition) is 5. The van der Waals surface area contributed by atoms with E-state index in [9.17, 15) is 14.4 Å². The maximum absolute atomic E-state index is 12.1. The molecule has 0 bridgehead atoms. The number of rotatable bonds is 8. The summed E-state index contributed by atoms with van der Waals surface area (Å²) in [5.74, 6) is -0.203. The van der Waals surface area contributed by atoms with Gasteiger partial charge in [0.1, 0.15) is 5.75 Å². The van der Waals surface area contributed by atoms with Crippen LogP contribution >= 0.6 is 0 Å². The van der Waals surface area contributed by atoms with Crippen LogP contribution in [0.25, 0.3) is 0 Å². The van der Waals surface area contributed by atoms with Crippen LogP contribution < -0.4 is 4.74 Å². The van der Waals surface area contributed by atoms with E-state index in [1.165, 1.54) is 6.92 Å². The highest BCUT2D eigenvalue weighted by molar-refractivity contribution is 6.00. The molecule has 2 rings (SSSR count).